The molecule has 1 rings (SSSR count). The summed E-state index contributed by atoms with van der Waals surface area (Å²) in [7, 11) is 0. The summed E-state index contributed by atoms with van der Waals surface area (Å²) < 4.78 is 0.0892. The van der Waals surface area contributed by atoms with Crippen molar-refractivity contribution in [3.8, 4) is 0 Å². The van der Waals surface area contributed by atoms with Gasteiger partial charge in [0.2, 0.25) is 0 Å². The second kappa shape index (κ2) is 3.26. The predicted octanol–water partition coefficient (Wildman–Crippen LogP) is 1.15. The van der Waals surface area contributed by atoms with Crippen LogP contribution in [-0.2, 0) is 4.79 Å². The normalized spacial score (nSPS) is 38.5. The summed E-state index contributed by atoms with van der Waals surface area (Å²) in [6.07, 6.45) is 3.61. The van der Waals surface area contributed by atoms with E-state index in [1.165, 1.54) is 0 Å². The maximum Gasteiger partial charge on any atom is 0.324 e. The predicted molar refractivity (Wildman–Crippen MR) is 50.8 cm³/mol. The van der Waals surface area contributed by atoms with Crippen LogP contribution >= 0.6 is 22.6 Å². The molecule has 1 aliphatic carbocycles. The Morgan fingerprint density at radius 3 is 2.64 bits per heavy atom. The first-order valence-corrected chi connectivity index (χ1v) is 4.98. The molecule has 11 heavy (non-hydrogen) atoms. The maximum absolute atomic E-state index is 10.8. The first-order chi connectivity index (χ1) is 5.07. The molecule has 1 fully saturated rings. The summed E-state index contributed by atoms with van der Waals surface area (Å²) in [5, 5.41) is 8.84. The summed E-state index contributed by atoms with van der Waals surface area (Å²) >= 11 is 2.14. The van der Waals surface area contributed by atoms with Crippen LogP contribution in [0, 0.1) is 0 Å². The highest BCUT2D eigenvalue weighted by Crippen LogP contribution is 2.32. The van der Waals surface area contributed by atoms with Crippen molar-refractivity contribution in [3.05, 3.63) is 0 Å². The van der Waals surface area contributed by atoms with Crippen LogP contribution in [0.25, 0.3) is 0 Å². The molecule has 2 unspecified atom stereocenters. The quantitative estimate of drug-likeness (QED) is 0.554. The molecule has 1 saturated carbocycles. The van der Waals surface area contributed by atoms with E-state index < -0.39 is 11.5 Å². The van der Waals surface area contributed by atoms with Gasteiger partial charge in [-0.25, -0.2) is 0 Å². The second-order valence-corrected chi connectivity index (χ2v) is 4.56. The van der Waals surface area contributed by atoms with Crippen molar-refractivity contribution in [3.63, 3.8) is 0 Å². The van der Waals surface area contributed by atoms with Crippen LogP contribution < -0.4 is 5.73 Å². The minimum Gasteiger partial charge on any atom is -0.480 e. The van der Waals surface area contributed by atoms with E-state index in [0.717, 1.165) is 19.3 Å². The molecule has 0 aromatic heterocycles. The van der Waals surface area contributed by atoms with Crippen LogP contribution in [0.4, 0.5) is 0 Å². The first kappa shape index (κ1) is 9.25. The Balaban J connectivity index is 2.72. The fraction of sp³-hybridized carbons (Fsp3) is 0.857. The smallest absolute Gasteiger partial charge is 0.324 e. The molecule has 0 spiro atoms. The zero-order valence-electron chi connectivity index (χ0n) is 6.22. The van der Waals surface area contributed by atoms with Crippen LogP contribution in [0.2, 0.25) is 0 Å². The van der Waals surface area contributed by atoms with Crippen molar-refractivity contribution in [1.29, 1.82) is 0 Å². The van der Waals surface area contributed by atoms with Gasteiger partial charge in [-0.2, -0.15) is 0 Å². The number of alkyl halides is 1. The summed E-state index contributed by atoms with van der Waals surface area (Å²) in [5.41, 5.74) is 4.78. The van der Waals surface area contributed by atoms with Gasteiger partial charge in [0.15, 0.2) is 0 Å². The second-order valence-electron chi connectivity index (χ2n) is 3.06. The van der Waals surface area contributed by atoms with Gasteiger partial charge in [0, 0.05) is 3.92 Å². The average molecular weight is 269 g/mol. The minimum absolute atomic E-state index is 0.0892. The lowest BCUT2D eigenvalue weighted by molar-refractivity contribution is -0.144. The molecule has 0 radical (unpaired) electrons. The highest BCUT2D eigenvalue weighted by Gasteiger charge is 2.42. The SMILES string of the molecule is NC1(C(=O)O)CCCCC1I. The fourth-order valence-electron chi connectivity index (χ4n) is 1.40. The molecule has 2 atom stereocenters. The molecule has 64 valence electrons. The summed E-state index contributed by atoms with van der Waals surface area (Å²) in [5.74, 6) is -0.850. The molecule has 0 bridgehead atoms. The molecule has 3 N–H and O–H groups in total. The van der Waals surface area contributed by atoms with Gasteiger partial charge in [-0.05, 0) is 12.8 Å². The van der Waals surface area contributed by atoms with E-state index >= 15 is 0 Å². The zero-order chi connectivity index (χ0) is 8.48. The molecular formula is C7H12INO2. The number of aliphatic carboxylic acids is 1. The molecule has 4 heteroatoms. The molecule has 0 heterocycles. The third-order valence-electron chi connectivity index (χ3n) is 2.26. The van der Waals surface area contributed by atoms with Gasteiger partial charge in [0.05, 0.1) is 0 Å². The van der Waals surface area contributed by atoms with Gasteiger partial charge in [-0.15, -0.1) is 0 Å². The Hall–Kier alpha value is 0.160. The van der Waals surface area contributed by atoms with Crippen LogP contribution in [0.15, 0.2) is 0 Å². The van der Waals surface area contributed by atoms with E-state index in [1.54, 1.807) is 0 Å². The number of carbonyl (C=O) groups is 1. The Morgan fingerprint density at radius 2 is 2.27 bits per heavy atom. The number of rotatable bonds is 1. The number of hydrogen-bond acceptors (Lipinski definition) is 2. The Morgan fingerprint density at radius 1 is 1.64 bits per heavy atom. The van der Waals surface area contributed by atoms with E-state index in [2.05, 4.69) is 22.6 Å². The number of carboxylic acids is 1. The lowest BCUT2D eigenvalue weighted by atomic mass is 9.83. The molecular weight excluding hydrogens is 257 g/mol. The summed E-state index contributed by atoms with van der Waals surface area (Å²) in [6.45, 7) is 0. The third kappa shape index (κ3) is 1.66. The molecule has 0 aromatic rings. The molecule has 0 aliphatic heterocycles. The van der Waals surface area contributed by atoms with Crippen LogP contribution in [0.5, 0.6) is 0 Å². The van der Waals surface area contributed by atoms with Crippen LogP contribution in [0.1, 0.15) is 25.7 Å². The third-order valence-corrected chi connectivity index (χ3v) is 3.99. The zero-order valence-corrected chi connectivity index (χ0v) is 8.37. The van der Waals surface area contributed by atoms with E-state index in [0.29, 0.717) is 6.42 Å². The van der Waals surface area contributed by atoms with E-state index in [4.69, 9.17) is 10.8 Å². The van der Waals surface area contributed by atoms with Gasteiger partial charge in [0.1, 0.15) is 5.54 Å². The van der Waals surface area contributed by atoms with Gasteiger partial charge < -0.3 is 10.8 Å². The topological polar surface area (TPSA) is 63.3 Å². The Labute approximate surface area is 79.5 Å². The largest absolute Gasteiger partial charge is 0.480 e. The minimum atomic E-state index is -0.960. The van der Waals surface area contributed by atoms with Crippen molar-refractivity contribution in [2.45, 2.75) is 35.1 Å². The highest BCUT2D eigenvalue weighted by molar-refractivity contribution is 14.1. The summed E-state index contributed by atoms with van der Waals surface area (Å²) in [4.78, 5) is 10.8. The number of carboxylic acid groups (broad SMARTS) is 1. The van der Waals surface area contributed by atoms with Crippen LogP contribution in [-0.4, -0.2) is 20.5 Å². The van der Waals surface area contributed by atoms with E-state index in [-0.39, 0.29) is 3.92 Å². The van der Waals surface area contributed by atoms with Gasteiger partial charge >= 0.3 is 5.97 Å². The van der Waals surface area contributed by atoms with E-state index in [1.807, 2.05) is 0 Å². The van der Waals surface area contributed by atoms with E-state index in [9.17, 15) is 4.79 Å². The lowest BCUT2D eigenvalue weighted by Crippen LogP contribution is -2.56. The van der Waals surface area contributed by atoms with Crippen molar-refractivity contribution >= 4 is 28.6 Å². The molecule has 0 saturated heterocycles. The molecule has 3 nitrogen and oxygen atoms in total. The molecule has 0 aromatic carbocycles. The standard InChI is InChI=1S/C7H12INO2/c8-5-3-1-2-4-7(5,9)6(10)11/h5H,1-4,9H2,(H,10,11). The molecule has 0 amide bonds. The number of nitrogens with two attached hydrogens (primary N) is 1. The van der Waals surface area contributed by atoms with Crippen molar-refractivity contribution in [2.24, 2.45) is 5.73 Å². The lowest BCUT2D eigenvalue weighted by Gasteiger charge is -2.33. The van der Waals surface area contributed by atoms with Crippen molar-refractivity contribution in [1.82, 2.24) is 0 Å². The van der Waals surface area contributed by atoms with Gasteiger partial charge in [0.25, 0.3) is 0 Å². The average Bonchev–Trinajstić information content (AvgIpc) is 1.95. The maximum atomic E-state index is 10.8. The number of halogens is 1. The van der Waals surface area contributed by atoms with Crippen LogP contribution in [0.3, 0.4) is 0 Å². The van der Waals surface area contributed by atoms with Crippen molar-refractivity contribution < 1.29 is 9.90 Å². The molecule has 1 aliphatic rings. The summed E-state index contributed by atoms with van der Waals surface area (Å²) in [6, 6.07) is 0. The Kier molecular flexibility index (Phi) is 2.74. The van der Waals surface area contributed by atoms with Crippen molar-refractivity contribution in [2.75, 3.05) is 0 Å². The Bertz CT molecular complexity index is 174. The van der Waals surface area contributed by atoms with Gasteiger partial charge in [-0.3, -0.25) is 4.79 Å². The highest BCUT2D eigenvalue weighted by atomic mass is 127. The first-order valence-electron chi connectivity index (χ1n) is 3.74. The number of hydrogen-bond donors (Lipinski definition) is 2. The monoisotopic (exact) mass is 269 g/mol. The fourth-order valence-corrected chi connectivity index (χ4v) is 2.41. The van der Waals surface area contributed by atoms with Gasteiger partial charge in [-0.1, -0.05) is 35.4 Å².